The Bertz CT molecular complexity index is 1400. The smallest absolute Gasteiger partial charge is 0.247 e. The number of anilines is 3. The fraction of sp³-hybridized carbons (Fsp3) is 0.214. The number of fused-ring (bicyclic) bond motifs is 1. The predicted molar refractivity (Wildman–Crippen MR) is 142 cm³/mol. The van der Waals surface area contributed by atoms with Crippen LogP contribution in [0, 0.1) is 0 Å². The quantitative estimate of drug-likeness (QED) is 0.327. The molecule has 8 nitrogen and oxygen atoms in total. The zero-order chi connectivity index (χ0) is 24.9. The van der Waals surface area contributed by atoms with Gasteiger partial charge in [-0.15, -0.1) is 0 Å². The van der Waals surface area contributed by atoms with Gasteiger partial charge in [0, 0.05) is 47.8 Å². The Kier molecular flexibility index (Phi) is 6.97. The van der Waals surface area contributed by atoms with E-state index < -0.39 is 0 Å². The third-order valence-electron chi connectivity index (χ3n) is 6.16. The fourth-order valence-electron chi connectivity index (χ4n) is 4.31. The van der Waals surface area contributed by atoms with Crippen molar-refractivity contribution in [3.05, 3.63) is 84.7 Å². The van der Waals surface area contributed by atoms with E-state index >= 15 is 0 Å². The molecule has 182 valence electrons. The predicted octanol–water partition coefficient (Wildman–Crippen LogP) is 4.78. The van der Waals surface area contributed by atoms with Gasteiger partial charge in [-0.2, -0.15) is 0 Å². The summed E-state index contributed by atoms with van der Waals surface area (Å²) in [6.07, 6.45) is 5.61. The number of carbonyl (C=O) groups is 1. The molecule has 0 spiro atoms. The molecule has 5 rings (SSSR count). The Morgan fingerprint density at radius 2 is 2.03 bits per heavy atom. The molecular formula is C28H28N6O2. The van der Waals surface area contributed by atoms with Crippen LogP contribution in [0.4, 0.5) is 17.3 Å². The average molecular weight is 481 g/mol. The van der Waals surface area contributed by atoms with Crippen LogP contribution in [-0.2, 0) is 16.0 Å². The molecule has 1 amide bonds. The van der Waals surface area contributed by atoms with Gasteiger partial charge in [0.05, 0.1) is 23.9 Å². The zero-order valence-electron chi connectivity index (χ0n) is 20.1. The van der Waals surface area contributed by atoms with Crippen LogP contribution in [0.25, 0.3) is 22.2 Å². The van der Waals surface area contributed by atoms with Gasteiger partial charge < -0.3 is 20.7 Å². The molecular weight excluding hydrogens is 452 g/mol. The number of aryl methyl sites for hydroxylation is 1. The molecule has 1 fully saturated rings. The molecule has 2 aromatic carbocycles. The van der Waals surface area contributed by atoms with E-state index in [1.165, 1.54) is 6.08 Å². The second-order valence-corrected chi connectivity index (χ2v) is 8.52. The Morgan fingerprint density at radius 3 is 2.78 bits per heavy atom. The van der Waals surface area contributed by atoms with Crippen molar-refractivity contribution in [1.82, 2.24) is 20.3 Å². The van der Waals surface area contributed by atoms with Gasteiger partial charge in [0.2, 0.25) is 11.9 Å². The van der Waals surface area contributed by atoms with Crippen LogP contribution in [-0.4, -0.2) is 40.6 Å². The Balaban J connectivity index is 1.47. The van der Waals surface area contributed by atoms with E-state index in [-0.39, 0.29) is 12.0 Å². The third-order valence-corrected chi connectivity index (χ3v) is 6.16. The summed E-state index contributed by atoms with van der Waals surface area (Å²) in [6, 6.07) is 15.9. The van der Waals surface area contributed by atoms with Gasteiger partial charge in [0.15, 0.2) is 0 Å². The summed E-state index contributed by atoms with van der Waals surface area (Å²) >= 11 is 0. The van der Waals surface area contributed by atoms with E-state index in [1.807, 2.05) is 30.5 Å². The Labute approximate surface area is 209 Å². The minimum absolute atomic E-state index is 0.0688. The van der Waals surface area contributed by atoms with Crippen LogP contribution >= 0.6 is 0 Å². The highest BCUT2D eigenvalue weighted by molar-refractivity contribution is 6.00. The molecule has 0 saturated carbocycles. The monoisotopic (exact) mass is 480 g/mol. The number of morpholine rings is 1. The first-order valence-corrected chi connectivity index (χ1v) is 12.0. The summed E-state index contributed by atoms with van der Waals surface area (Å²) in [7, 11) is 0. The van der Waals surface area contributed by atoms with Crippen LogP contribution in [0.15, 0.2) is 73.6 Å². The highest BCUT2D eigenvalue weighted by Crippen LogP contribution is 2.32. The molecule has 0 aliphatic carbocycles. The molecule has 1 saturated heterocycles. The molecule has 1 aliphatic rings. The standard InChI is InChI=1S/C28H28N6O2/c1-3-18-5-6-20-16-31-28(33-21-9-7-19(8-10-21)24-17-29-13-14-36-24)34-27(20)26(18)23-15-22(11-12-30-23)32-25(35)4-2/h4-12,15-16,24,29H,2-3,13-14,17H2,1H3,(H,30,32,35)(H,31,33,34). The van der Waals surface area contributed by atoms with Crippen LogP contribution in [0.3, 0.4) is 0 Å². The van der Waals surface area contributed by atoms with E-state index in [0.29, 0.717) is 11.6 Å². The number of carbonyl (C=O) groups excluding carboxylic acids is 1. The van der Waals surface area contributed by atoms with E-state index in [2.05, 4.69) is 57.6 Å². The molecule has 1 unspecified atom stereocenters. The third kappa shape index (κ3) is 5.10. The number of aromatic nitrogens is 3. The number of rotatable bonds is 7. The van der Waals surface area contributed by atoms with Crippen molar-refractivity contribution < 1.29 is 9.53 Å². The van der Waals surface area contributed by atoms with Gasteiger partial charge in [-0.05, 0) is 47.9 Å². The molecule has 0 bridgehead atoms. The van der Waals surface area contributed by atoms with Crippen molar-refractivity contribution in [2.24, 2.45) is 0 Å². The molecule has 2 aromatic heterocycles. The van der Waals surface area contributed by atoms with Crippen LogP contribution in [0.1, 0.15) is 24.2 Å². The number of nitrogens with one attached hydrogen (secondary N) is 3. The molecule has 8 heteroatoms. The minimum atomic E-state index is -0.271. The number of hydrogen-bond acceptors (Lipinski definition) is 7. The Hall–Kier alpha value is -4.14. The number of pyridine rings is 1. The highest BCUT2D eigenvalue weighted by atomic mass is 16.5. The first kappa shape index (κ1) is 23.6. The lowest BCUT2D eigenvalue weighted by molar-refractivity contribution is -0.111. The summed E-state index contributed by atoms with van der Waals surface area (Å²) in [5.41, 5.74) is 6.23. The van der Waals surface area contributed by atoms with Crippen molar-refractivity contribution >= 4 is 34.1 Å². The van der Waals surface area contributed by atoms with Gasteiger partial charge >= 0.3 is 0 Å². The summed E-state index contributed by atoms with van der Waals surface area (Å²) in [4.78, 5) is 25.8. The van der Waals surface area contributed by atoms with E-state index in [4.69, 9.17) is 9.72 Å². The normalized spacial score (nSPS) is 15.4. The second-order valence-electron chi connectivity index (χ2n) is 8.52. The first-order chi connectivity index (χ1) is 17.6. The maximum absolute atomic E-state index is 11.8. The molecule has 1 aliphatic heterocycles. The van der Waals surface area contributed by atoms with Gasteiger partial charge in [0.25, 0.3) is 0 Å². The van der Waals surface area contributed by atoms with Crippen molar-refractivity contribution in [1.29, 1.82) is 0 Å². The lowest BCUT2D eigenvalue weighted by Crippen LogP contribution is -2.33. The van der Waals surface area contributed by atoms with Crippen molar-refractivity contribution in [2.75, 3.05) is 30.3 Å². The number of benzene rings is 2. The second kappa shape index (κ2) is 10.6. The van der Waals surface area contributed by atoms with E-state index in [0.717, 1.165) is 65.1 Å². The number of nitrogens with zero attached hydrogens (tertiary/aromatic N) is 3. The zero-order valence-corrected chi connectivity index (χ0v) is 20.1. The summed E-state index contributed by atoms with van der Waals surface area (Å²) in [5, 5.41) is 10.4. The van der Waals surface area contributed by atoms with Crippen molar-refractivity contribution in [3.63, 3.8) is 0 Å². The van der Waals surface area contributed by atoms with Crippen LogP contribution < -0.4 is 16.0 Å². The average Bonchev–Trinajstić information content (AvgIpc) is 2.93. The van der Waals surface area contributed by atoms with Crippen LogP contribution in [0.5, 0.6) is 0 Å². The maximum atomic E-state index is 11.8. The number of ether oxygens (including phenoxy) is 1. The molecule has 3 heterocycles. The highest BCUT2D eigenvalue weighted by Gasteiger charge is 2.16. The summed E-state index contributed by atoms with van der Waals surface area (Å²) in [6.45, 7) is 8.04. The largest absolute Gasteiger partial charge is 0.371 e. The first-order valence-electron chi connectivity index (χ1n) is 12.0. The number of amides is 1. The minimum Gasteiger partial charge on any atom is -0.371 e. The molecule has 1 atom stereocenters. The van der Waals surface area contributed by atoms with E-state index in [9.17, 15) is 4.79 Å². The van der Waals surface area contributed by atoms with E-state index in [1.54, 1.807) is 12.3 Å². The topological polar surface area (TPSA) is 101 Å². The number of hydrogen-bond donors (Lipinski definition) is 3. The maximum Gasteiger partial charge on any atom is 0.247 e. The van der Waals surface area contributed by atoms with Gasteiger partial charge in [-0.1, -0.05) is 37.8 Å². The van der Waals surface area contributed by atoms with Crippen molar-refractivity contribution in [3.8, 4) is 11.3 Å². The summed E-state index contributed by atoms with van der Waals surface area (Å²) in [5.74, 6) is 0.225. The molecule has 4 aromatic rings. The lowest BCUT2D eigenvalue weighted by Gasteiger charge is -2.24. The Morgan fingerprint density at radius 1 is 1.17 bits per heavy atom. The SMILES string of the molecule is C=CC(=O)Nc1ccnc(-c2c(CC)ccc3cnc(Nc4ccc(C5CNCCO5)cc4)nc23)c1. The summed E-state index contributed by atoms with van der Waals surface area (Å²) < 4.78 is 5.84. The van der Waals surface area contributed by atoms with Gasteiger partial charge in [-0.25, -0.2) is 9.97 Å². The van der Waals surface area contributed by atoms with Gasteiger partial charge in [0.1, 0.15) is 0 Å². The fourth-order valence-corrected chi connectivity index (χ4v) is 4.31. The van der Waals surface area contributed by atoms with Crippen LogP contribution in [0.2, 0.25) is 0 Å². The van der Waals surface area contributed by atoms with Gasteiger partial charge in [-0.3, -0.25) is 9.78 Å². The molecule has 3 N–H and O–H groups in total. The molecule has 0 radical (unpaired) electrons. The lowest BCUT2D eigenvalue weighted by atomic mass is 9.98. The van der Waals surface area contributed by atoms with Crippen molar-refractivity contribution in [2.45, 2.75) is 19.4 Å². The molecule has 36 heavy (non-hydrogen) atoms.